The van der Waals surface area contributed by atoms with E-state index < -0.39 is 0 Å². The Morgan fingerprint density at radius 1 is 0.938 bits per heavy atom. The highest BCUT2D eigenvalue weighted by atomic mass is 14.7. The van der Waals surface area contributed by atoms with Gasteiger partial charge in [0.1, 0.15) is 0 Å². The summed E-state index contributed by atoms with van der Waals surface area (Å²) in [7, 11) is 0. The summed E-state index contributed by atoms with van der Waals surface area (Å²) in [6.07, 6.45) is 0. The van der Waals surface area contributed by atoms with Gasteiger partial charge in [0.15, 0.2) is 0 Å². The van der Waals surface area contributed by atoms with Gasteiger partial charge in [0.05, 0.1) is 0 Å². The van der Waals surface area contributed by atoms with Crippen molar-refractivity contribution in [2.45, 2.75) is 46.5 Å². The molecule has 1 aromatic carbocycles. The molecule has 0 saturated carbocycles. The van der Waals surface area contributed by atoms with Gasteiger partial charge in [-0.25, -0.2) is 0 Å². The number of H-pyrrole nitrogens is 1. The molecule has 0 aliphatic rings. The summed E-state index contributed by atoms with van der Waals surface area (Å²) in [4.78, 5) is 3.52. The number of benzene rings is 1. The molecule has 0 amide bonds. The van der Waals surface area contributed by atoms with E-state index in [0.717, 1.165) is 0 Å². The zero-order chi connectivity index (χ0) is 11.9. The van der Waals surface area contributed by atoms with Crippen LogP contribution in [0.3, 0.4) is 0 Å². The van der Waals surface area contributed by atoms with Gasteiger partial charge in [0.25, 0.3) is 0 Å². The molecule has 86 valence electrons. The summed E-state index contributed by atoms with van der Waals surface area (Å²) in [6.45, 7) is 11.2. The Balaban J connectivity index is 2.61. The zero-order valence-electron chi connectivity index (χ0n) is 10.9. The van der Waals surface area contributed by atoms with Gasteiger partial charge in [-0.05, 0) is 53.5 Å². The second-order valence-corrected chi connectivity index (χ2v) is 5.33. The van der Waals surface area contributed by atoms with Crippen LogP contribution in [0, 0.1) is 6.92 Å². The highest BCUT2D eigenvalue weighted by Crippen LogP contribution is 2.27. The third kappa shape index (κ3) is 1.87. The molecule has 0 atom stereocenters. The summed E-state index contributed by atoms with van der Waals surface area (Å²) >= 11 is 0. The third-order valence-corrected chi connectivity index (χ3v) is 3.27. The second-order valence-electron chi connectivity index (χ2n) is 5.33. The minimum atomic E-state index is 0.565. The lowest BCUT2D eigenvalue weighted by molar-refractivity contribution is 0.835. The van der Waals surface area contributed by atoms with E-state index in [1.807, 2.05) is 0 Å². The quantitative estimate of drug-likeness (QED) is 0.746. The first kappa shape index (κ1) is 11.3. The molecule has 0 aliphatic heterocycles. The van der Waals surface area contributed by atoms with Crippen LogP contribution in [0.5, 0.6) is 0 Å². The predicted octanol–water partition coefficient (Wildman–Crippen LogP) is 4.72. The van der Waals surface area contributed by atoms with E-state index in [-0.39, 0.29) is 0 Å². The average Bonchev–Trinajstić information content (AvgIpc) is 2.58. The van der Waals surface area contributed by atoms with Crippen LogP contribution in [0.4, 0.5) is 0 Å². The predicted molar refractivity (Wildman–Crippen MR) is 71.2 cm³/mol. The van der Waals surface area contributed by atoms with Crippen molar-refractivity contribution in [1.29, 1.82) is 0 Å². The standard InChI is InChI=1S/C15H21N/c1-9(2)13-8-15-12(6-11(13)5)7-14(16-15)10(3)4/h6-10,16H,1-5H3. The van der Waals surface area contributed by atoms with E-state index in [0.29, 0.717) is 11.8 Å². The number of hydrogen-bond acceptors (Lipinski definition) is 0. The minimum Gasteiger partial charge on any atom is -0.358 e. The molecule has 0 aliphatic carbocycles. The van der Waals surface area contributed by atoms with Gasteiger partial charge in [0, 0.05) is 11.2 Å². The van der Waals surface area contributed by atoms with Crippen LogP contribution in [-0.2, 0) is 0 Å². The van der Waals surface area contributed by atoms with Gasteiger partial charge < -0.3 is 4.98 Å². The molecule has 0 bridgehead atoms. The molecule has 0 spiro atoms. The largest absolute Gasteiger partial charge is 0.358 e. The van der Waals surface area contributed by atoms with Gasteiger partial charge >= 0.3 is 0 Å². The van der Waals surface area contributed by atoms with Crippen molar-refractivity contribution in [1.82, 2.24) is 4.98 Å². The Kier molecular flexibility index (Phi) is 2.79. The van der Waals surface area contributed by atoms with Crippen LogP contribution in [0.1, 0.15) is 56.4 Å². The van der Waals surface area contributed by atoms with Gasteiger partial charge in [-0.15, -0.1) is 0 Å². The number of aromatic amines is 1. The lowest BCUT2D eigenvalue weighted by Crippen LogP contribution is -1.91. The maximum absolute atomic E-state index is 3.52. The van der Waals surface area contributed by atoms with Crippen LogP contribution in [-0.4, -0.2) is 4.98 Å². The molecule has 1 aromatic heterocycles. The monoisotopic (exact) mass is 215 g/mol. The molecular formula is C15H21N. The van der Waals surface area contributed by atoms with E-state index in [9.17, 15) is 0 Å². The van der Waals surface area contributed by atoms with Crippen molar-refractivity contribution >= 4 is 10.9 Å². The van der Waals surface area contributed by atoms with Crippen LogP contribution < -0.4 is 0 Å². The maximum Gasteiger partial charge on any atom is 0.0459 e. The molecule has 2 aromatic rings. The van der Waals surface area contributed by atoms with Crippen molar-refractivity contribution in [2.75, 3.05) is 0 Å². The molecule has 0 saturated heterocycles. The molecule has 0 unspecified atom stereocenters. The SMILES string of the molecule is Cc1cc2cc(C(C)C)[nH]c2cc1C(C)C. The third-order valence-electron chi connectivity index (χ3n) is 3.27. The number of nitrogens with one attached hydrogen (secondary N) is 1. The van der Waals surface area contributed by atoms with Crippen molar-refractivity contribution in [2.24, 2.45) is 0 Å². The molecule has 2 rings (SSSR count). The minimum absolute atomic E-state index is 0.565. The van der Waals surface area contributed by atoms with Crippen LogP contribution >= 0.6 is 0 Å². The molecular weight excluding hydrogens is 194 g/mol. The highest BCUT2D eigenvalue weighted by molar-refractivity contribution is 5.82. The van der Waals surface area contributed by atoms with Crippen LogP contribution in [0.15, 0.2) is 18.2 Å². The number of aromatic nitrogens is 1. The molecule has 1 heterocycles. The van der Waals surface area contributed by atoms with Crippen molar-refractivity contribution in [3.8, 4) is 0 Å². The van der Waals surface area contributed by atoms with Crippen LogP contribution in [0.2, 0.25) is 0 Å². The first-order chi connectivity index (χ1) is 7.49. The Morgan fingerprint density at radius 3 is 2.19 bits per heavy atom. The molecule has 0 fully saturated rings. The zero-order valence-corrected chi connectivity index (χ0v) is 10.9. The molecule has 16 heavy (non-hydrogen) atoms. The first-order valence-electron chi connectivity index (χ1n) is 6.12. The Morgan fingerprint density at radius 2 is 1.62 bits per heavy atom. The Hall–Kier alpha value is -1.24. The number of rotatable bonds is 2. The van der Waals surface area contributed by atoms with Gasteiger partial charge in [-0.2, -0.15) is 0 Å². The number of aryl methyl sites for hydroxylation is 1. The molecule has 1 heteroatoms. The Labute approximate surface area is 97.9 Å². The van der Waals surface area contributed by atoms with Crippen molar-refractivity contribution < 1.29 is 0 Å². The summed E-state index contributed by atoms with van der Waals surface area (Å²) in [5, 5.41) is 1.34. The normalized spacial score (nSPS) is 11.9. The summed E-state index contributed by atoms with van der Waals surface area (Å²) in [6, 6.07) is 6.88. The average molecular weight is 215 g/mol. The summed E-state index contributed by atoms with van der Waals surface area (Å²) < 4.78 is 0. The van der Waals surface area contributed by atoms with E-state index in [1.165, 1.54) is 27.7 Å². The fourth-order valence-corrected chi connectivity index (χ4v) is 2.27. The smallest absolute Gasteiger partial charge is 0.0459 e. The van der Waals surface area contributed by atoms with Crippen molar-refractivity contribution in [3.63, 3.8) is 0 Å². The van der Waals surface area contributed by atoms with E-state index in [4.69, 9.17) is 0 Å². The second kappa shape index (κ2) is 3.97. The van der Waals surface area contributed by atoms with Crippen molar-refractivity contribution in [3.05, 3.63) is 35.0 Å². The molecule has 0 radical (unpaired) electrons. The van der Waals surface area contributed by atoms with Gasteiger partial charge in [0.2, 0.25) is 0 Å². The lowest BCUT2D eigenvalue weighted by atomic mass is 9.97. The van der Waals surface area contributed by atoms with E-state index >= 15 is 0 Å². The van der Waals surface area contributed by atoms with Gasteiger partial charge in [-0.1, -0.05) is 27.7 Å². The maximum atomic E-state index is 3.52. The van der Waals surface area contributed by atoms with E-state index in [2.05, 4.69) is 57.8 Å². The first-order valence-corrected chi connectivity index (χ1v) is 6.12. The Bertz CT molecular complexity index is 503. The van der Waals surface area contributed by atoms with Gasteiger partial charge in [-0.3, -0.25) is 0 Å². The lowest BCUT2D eigenvalue weighted by Gasteiger charge is -2.09. The highest BCUT2D eigenvalue weighted by Gasteiger charge is 2.09. The number of hydrogen-bond donors (Lipinski definition) is 1. The topological polar surface area (TPSA) is 15.8 Å². The molecule has 1 nitrogen and oxygen atoms in total. The fraction of sp³-hybridized carbons (Fsp3) is 0.467. The summed E-state index contributed by atoms with van der Waals surface area (Å²) in [5.41, 5.74) is 5.45. The fourth-order valence-electron chi connectivity index (χ4n) is 2.27. The number of fused-ring (bicyclic) bond motifs is 1. The molecule has 1 N–H and O–H groups in total. The van der Waals surface area contributed by atoms with E-state index in [1.54, 1.807) is 0 Å². The van der Waals surface area contributed by atoms with Crippen LogP contribution in [0.25, 0.3) is 10.9 Å². The summed E-state index contributed by atoms with van der Waals surface area (Å²) in [5.74, 6) is 1.16.